The predicted octanol–water partition coefficient (Wildman–Crippen LogP) is 1.57. The van der Waals surface area contributed by atoms with Crippen LogP contribution >= 0.6 is 12.4 Å². The molecule has 0 aromatic carbocycles. The van der Waals surface area contributed by atoms with Crippen LogP contribution in [0.2, 0.25) is 0 Å². The van der Waals surface area contributed by atoms with Gasteiger partial charge in [0.1, 0.15) is 0 Å². The lowest BCUT2D eigenvalue weighted by Gasteiger charge is -2.13. The van der Waals surface area contributed by atoms with E-state index in [1.807, 2.05) is 0 Å². The van der Waals surface area contributed by atoms with Gasteiger partial charge in [-0.2, -0.15) is 0 Å². The lowest BCUT2D eigenvalue weighted by Crippen LogP contribution is -2.20. The minimum absolute atomic E-state index is 0. The summed E-state index contributed by atoms with van der Waals surface area (Å²) in [4.78, 5) is 0. The van der Waals surface area contributed by atoms with Gasteiger partial charge in [-0.3, -0.25) is 0 Å². The highest BCUT2D eigenvalue weighted by Gasteiger charge is 2.35. The van der Waals surface area contributed by atoms with E-state index < -0.39 is 0 Å². The molecule has 0 aliphatic carbocycles. The Bertz CT molecular complexity index is 103. The van der Waals surface area contributed by atoms with Gasteiger partial charge in [-0.15, -0.1) is 12.4 Å². The number of hydrogen-bond acceptors (Lipinski definition) is 1. The SMILES string of the molecule is C[C@H]1C[C@H]2CC[C@@H]1N2.Cl. The average Bonchev–Trinajstić information content (AvgIpc) is 2.23. The van der Waals surface area contributed by atoms with Crippen molar-refractivity contribution in [2.45, 2.75) is 38.3 Å². The third-order valence-corrected chi connectivity index (χ3v) is 2.62. The van der Waals surface area contributed by atoms with E-state index in [4.69, 9.17) is 0 Å². The van der Waals surface area contributed by atoms with E-state index in [1.54, 1.807) is 0 Å². The van der Waals surface area contributed by atoms with E-state index in [2.05, 4.69) is 12.2 Å². The van der Waals surface area contributed by atoms with Crippen molar-refractivity contribution in [1.29, 1.82) is 0 Å². The first-order valence-corrected chi connectivity index (χ1v) is 3.62. The molecular weight excluding hydrogens is 134 g/mol. The second-order valence-corrected chi connectivity index (χ2v) is 3.26. The van der Waals surface area contributed by atoms with E-state index in [-0.39, 0.29) is 12.4 Å². The molecule has 0 amide bonds. The van der Waals surface area contributed by atoms with Crippen molar-refractivity contribution < 1.29 is 0 Å². The molecule has 2 bridgehead atoms. The molecule has 9 heavy (non-hydrogen) atoms. The minimum atomic E-state index is 0. The van der Waals surface area contributed by atoms with Crippen LogP contribution in [0.3, 0.4) is 0 Å². The van der Waals surface area contributed by atoms with Crippen LogP contribution in [0.5, 0.6) is 0 Å². The van der Waals surface area contributed by atoms with Crippen molar-refractivity contribution >= 4 is 12.4 Å². The summed E-state index contributed by atoms with van der Waals surface area (Å²) < 4.78 is 0. The fourth-order valence-corrected chi connectivity index (χ4v) is 2.10. The Kier molecular flexibility index (Phi) is 2.02. The lowest BCUT2D eigenvalue weighted by atomic mass is 9.91. The van der Waals surface area contributed by atoms with Gasteiger partial charge in [0.05, 0.1) is 0 Å². The summed E-state index contributed by atoms with van der Waals surface area (Å²) in [5, 5.41) is 3.58. The topological polar surface area (TPSA) is 12.0 Å². The molecule has 2 saturated heterocycles. The number of hydrogen-bond donors (Lipinski definition) is 1. The Hall–Kier alpha value is 0.250. The van der Waals surface area contributed by atoms with Crippen molar-refractivity contribution in [3.8, 4) is 0 Å². The van der Waals surface area contributed by atoms with Gasteiger partial charge in [-0.05, 0) is 25.2 Å². The van der Waals surface area contributed by atoms with Gasteiger partial charge in [0.2, 0.25) is 0 Å². The summed E-state index contributed by atoms with van der Waals surface area (Å²) in [6, 6.07) is 1.79. The Labute approximate surface area is 62.6 Å². The Morgan fingerprint density at radius 3 is 2.33 bits per heavy atom. The highest BCUT2D eigenvalue weighted by Crippen LogP contribution is 2.32. The molecule has 0 aromatic rings. The number of rotatable bonds is 0. The van der Waals surface area contributed by atoms with Crippen LogP contribution in [0.15, 0.2) is 0 Å². The summed E-state index contributed by atoms with van der Waals surface area (Å²) in [6.45, 7) is 2.36. The molecule has 0 radical (unpaired) electrons. The Morgan fingerprint density at radius 1 is 1.33 bits per heavy atom. The van der Waals surface area contributed by atoms with E-state index in [1.165, 1.54) is 19.3 Å². The van der Waals surface area contributed by atoms with Gasteiger partial charge < -0.3 is 5.32 Å². The molecule has 1 nitrogen and oxygen atoms in total. The molecular formula is C7H14ClN. The van der Waals surface area contributed by atoms with Gasteiger partial charge in [0, 0.05) is 12.1 Å². The third-order valence-electron chi connectivity index (χ3n) is 2.62. The quantitative estimate of drug-likeness (QED) is 0.549. The molecule has 2 heterocycles. The maximum absolute atomic E-state index is 3.58. The Morgan fingerprint density at radius 2 is 2.11 bits per heavy atom. The molecule has 2 rings (SSSR count). The van der Waals surface area contributed by atoms with Crippen molar-refractivity contribution in [2.75, 3.05) is 0 Å². The van der Waals surface area contributed by atoms with Crippen LogP contribution in [0.1, 0.15) is 26.2 Å². The molecule has 54 valence electrons. The van der Waals surface area contributed by atoms with E-state index >= 15 is 0 Å². The van der Waals surface area contributed by atoms with Crippen molar-refractivity contribution in [2.24, 2.45) is 5.92 Å². The standard InChI is InChI=1S/C7H13N.ClH/c1-5-4-6-2-3-7(5)8-6;/h5-8H,2-4H2,1H3;1H/t5-,6+,7-;/m0./s1. The number of fused-ring (bicyclic) bond motifs is 2. The van der Waals surface area contributed by atoms with Crippen LogP contribution in [-0.2, 0) is 0 Å². The van der Waals surface area contributed by atoms with Crippen molar-refractivity contribution in [1.82, 2.24) is 5.32 Å². The fourth-order valence-electron chi connectivity index (χ4n) is 2.10. The van der Waals surface area contributed by atoms with Gasteiger partial charge in [0.15, 0.2) is 0 Å². The first-order chi connectivity index (χ1) is 3.86. The summed E-state index contributed by atoms with van der Waals surface area (Å²) in [5.41, 5.74) is 0. The molecule has 2 aliphatic rings. The largest absolute Gasteiger partial charge is 0.311 e. The predicted molar refractivity (Wildman–Crippen MR) is 41.0 cm³/mol. The van der Waals surface area contributed by atoms with Crippen LogP contribution in [0.25, 0.3) is 0 Å². The first kappa shape index (κ1) is 7.36. The zero-order valence-electron chi connectivity index (χ0n) is 5.76. The highest BCUT2D eigenvalue weighted by molar-refractivity contribution is 5.85. The van der Waals surface area contributed by atoms with Crippen molar-refractivity contribution in [3.05, 3.63) is 0 Å². The van der Waals surface area contributed by atoms with Gasteiger partial charge in [0.25, 0.3) is 0 Å². The van der Waals surface area contributed by atoms with E-state index in [0.717, 1.165) is 18.0 Å². The number of nitrogens with one attached hydrogen (secondary N) is 1. The minimum Gasteiger partial charge on any atom is -0.311 e. The molecule has 0 saturated carbocycles. The van der Waals surface area contributed by atoms with Gasteiger partial charge >= 0.3 is 0 Å². The maximum atomic E-state index is 3.58. The Balaban J connectivity index is 0.000000405. The second kappa shape index (κ2) is 2.47. The molecule has 0 spiro atoms. The van der Waals surface area contributed by atoms with Gasteiger partial charge in [-0.1, -0.05) is 6.92 Å². The molecule has 2 heteroatoms. The van der Waals surface area contributed by atoms with Crippen LogP contribution in [0.4, 0.5) is 0 Å². The molecule has 0 unspecified atom stereocenters. The maximum Gasteiger partial charge on any atom is 0.00964 e. The van der Waals surface area contributed by atoms with E-state index in [9.17, 15) is 0 Å². The van der Waals surface area contributed by atoms with Crippen LogP contribution in [-0.4, -0.2) is 12.1 Å². The molecule has 2 aliphatic heterocycles. The average molecular weight is 148 g/mol. The summed E-state index contributed by atoms with van der Waals surface area (Å²) in [7, 11) is 0. The fraction of sp³-hybridized carbons (Fsp3) is 1.00. The zero-order chi connectivity index (χ0) is 5.56. The summed E-state index contributed by atoms with van der Waals surface area (Å²) >= 11 is 0. The normalized spacial score (nSPS) is 47.0. The van der Waals surface area contributed by atoms with Crippen molar-refractivity contribution in [3.63, 3.8) is 0 Å². The first-order valence-electron chi connectivity index (χ1n) is 3.62. The molecule has 2 fully saturated rings. The highest BCUT2D eigenvalue weighted by atomic mass is 35.5. The van der Waals surface area contributed by atoms with Gasteiger partial charge in [-0.25, -0.2) is 0 Å². The smallest absolute Gasteiger partial charge is 0.00964 e. The summed E-state index contributed by atoms with van der Waals surface area (Å²) in [6.07, 6.45) is 4.31. The second-order valence-electron chi connectivity index (χ2n) is 3.26. The molecule has 0 aromatic heterocycles. The van der Waals surface area contributed by atoms with Crippen LogP contribution < -0.4 is 5.32 Å². The van der Waals surface area contributed by atoms with E-state index in [0.29, 0.717) is 0 Å². The number of halogens is 1. The third kappa shape index (κ3) is 1.08. The monoisotopic (exact) mass is 147 g/mol. The summed E-state index contributed by atoms with van der Waals surface area (Å²) in [5.74, 6) is 0.966. The molecule has 3 atom stereocenters. The zero-order valence-corrected chi connectivity index (χ0v) is 6.58. The van der Waals surface area contributed by atoms with Crippen LogP contribution in [0, 0.1) is 5.92 Å². The molecule has 1 N–H and O–H groups in total. The lowest BCUT2D eigenvalue weighted by molar-refractivity contribution is 0.439.